The van der Waals surface area contributed by atoms with Crippen LogP contribution in [0, 0.1) is 13.8 Å². The van der Waals surface area contributed by atoms with Gasteiger partial charge in [0.1, 0.15) is 4.90 Å². The Balaban J connectivity index is 1.90. The summed E-state index contributed by atoms with van der Waals surface area (Å²) in [4.78, 5) is 24.4. The van der Waals surface area contributed by atoms with E-state index in [9.17, 15) is 18.0 Å². The molecule has 166 valence electrons. The summed E-state index contributed by atoms with van der Waals surface area (Å²) in [6.45, 7) is 3.60. The van der Waals surface area contributed by atoms with Crippen LogP contribution in [0.1, 0.15) is 31.8 Å². The van der Waals surface area contributed by atoms with Gasteiger partial charge in [0.05, 0.1) is 17.7 Å². The molecule has 3 aromatic carbocycles. The molecule has 0 radical (unpaired) electrons. The highest BCUT2D eigenvalue weighted by atomic mass is 35.5. The first kappa shape index (κ1) is 23.3. The van der Waals surface area contributed by atoms with E-state index in [1.807, 2.05) is 13.0 Å². The molecule has 0 aliphatic heterocycles. The standard InChI is InChI=1S/C23H21ClN2O5S/c1-14-5-4-6-18(11-14)26-32(29,30)21-13-16(9-10-19(21)24)22(27)25-20-12-17(23(28)31-3)8-7-15(20)2/h4-13,26H,1-3H3,(H,25,27). The number of hydrogen-bond donors (Lipinski definition) is 2. The number of carbonyl (C=O) groups excluding carboxylic acids is 2. The maximum absolute atomic E-state index is 12.9. The Hall–Kier alpha value is -3.36. The summed E-state index contributed by atoms with van der Waals surface area (Å²) in [6.07, 6.45) is 0. The van der Waals surface area contributed by atoms with Crippen LogP contribution >= 0.6 is 11.6 Å². The molecule has 7 nitrogen and oxygen atoms in total. The van der Waals surface area contributed by atoms with Crippen molar-refractivity contribution >= 4 is 44.9 Å². The number of benzene rings is 3. The average molecular weight is 473 g/mol. The van der Waals surface area contributed by atoms with Crippen LogP contribution in [-0.2, 0) is 14.8 Å². The van der Waals surface area contributed by atoms with Gasteiger partial charge in [0, 0.05) is 16.9 Å². The van der Waals surface area contributed by atoms with Crippen LogP contribution < -0.4 is 10.0 Å². The summed E-state index contributed by atoms with van der Waals surface area (Å²) in [5.74, 6) is -1.10. The predicted octanol–water partition coefficient (Wildman–Crippen LogP) is 4.80. The fourth-order valence-corrected chi connectivity index (χ4v) is 4.54. The van der Waals surface area contributed by atoms with Gasteiger partial charge in [-0.3, -0.25) is 9.52 Å². The monoisotopic (exact) mass is 472 g/mol. The fraction of sp³-hybridized carbons (Fsp3) is 0.130. The van der Waals surface area contributed by atoms with Crippen molar-refractivity contribution in [1.29, 1.82) is 0 Å². The lowest BCUT2D eigenvalue weighted by Gasteiger charge is -2.13. The first-order chi connectivity index (χ1) is 15.1. The molecule has 1 amide bonds. The number of nitrogens with one attached hydrogen (secondary N) is 2. The second-order valence-corrected chi connectivity index (χ2v) is 9.15. The molecule has 0 heterocycles. The smallest absolute Gasteiger partial charge is 0.337 e. The molecule has 9 heteroatoms. The summed E-state index contributed by atoms with van der Waals surface area (Å²) >= 11 is 6.14. The number of anilines is 2. The van der Waals surface area contributed by atoms with E-state index in [1.165, 1.54) is 31.4 Å². The average Bonchev–Trinajstić information content (AvgIpc) is 2.74. The summed E-state index contributed by atoms with van der Waals surface area (Å²) in [5, 5.41) is 2.67. The third-order valence-corrected chi connectivity index (χ3v) is 6.52. The maximum Gasteiger partial charge on any atom is 0.337 e. The Morgan fingerprint density at radius 2 is 1.66 bits per heavy atom. The molecule has 0 aromatic heterocycles. The van der Waals surface area contributed by atoms with Gasteiger partial charge in [-0.15, -0.1) is 0 Å². The molecule has 0 saturated carbocycles. The molecular weight excluding hydrogens is 452 g/mol. The van der Waals surface area contributed by atoms with Crippen molar-refractivity contribution in [3.63, 3.8) is 0 Å². The van der Waals surface area contributed by atoms with Crippen molar-refractivity contribution in [3.8, 4) is 0 Å². The van der Waals surface area contributed by atoms with E-state index >= 15 is 0 Å². The van der Waals surface area contributed by atoms with E-state index in [0.717, 1.165) is 5.56 Å². The predicted molar refractivity (Wildman–Crippen MR) is 124 cm³/mol. The molecule has 3 aromatic rings. The molecular formula is C23H21ClN2O5S. The third-order valence-electron chi connectivity index (χ3n) is 4.66. The van der Waals surface area contributed by atoms with Crippen molar-refractivity contribution in [1.82, 2.24) is 0 Å². The van der Waals surface area contributed by atoms with Crippen molar-refractivity contribution in [3.05, 3.63) is 87.9 Å². The Labute approximate surface area is 191 Å². The number of sulfonamides is 1. The molecule has 0 aliphatic rings. The van der Waals surface area contributed by atoms with Gasteiger partial charge in [-0.25, -0.2) is 13.2 Å². The van der Waals surface area contributed by atoms with Gasteiger partial charge in [-0.05, 0) is 67.4 Å². The van der Waals surface area contributed by atoms with Crippen LogP contribution in [0.3, 0.4) is 0 Å². The topological polar surface area (TPSA) is 102 Å². The number of aryl methyl sites for hydroxylation is 2. The number of rotatable bonds is 6. The lowest BCUT2D eigenvalue weighted by Crippen LogP contribution is -2.17. The van der Waals surface area contributed by atoms with Gasteiger partial charge < -0.3 is 10.1 Å². The lowest BCUT2D eigenvalue weighted by atomic mass is 10.1. The zero-order chi connectivity index (χ0) is 23.5. The molecule has 0 spiro atoms. The van der Waals surface area contributed by atoms with Gasteiger partial charge >= 0.3 is 5.97 Å². The summed E-state index contributed by atoms with van der Waals surface area (Å²) in [5.41, 5.74) is 2.74. The third kappa shape index (κ3) is 5.27. The quantitative estimate of drug-likeness (QED) is 0.502. The minimum Gasteiger partial charge on any atom is -0.465 e. The Kier molecular flexibility index (Phi) is 6.86. The van der Waals surface area contributed by atoms with E-state index < -0.39 is 21.9 Å². The number of methoxy groups -OCH3 is 1. The molecule has 0 bridgehead atoms. The SMILES string of the molecule is COC(=O)c1ccc(C)c(NC(=O)c2ccc(Cl)c(S(=O)(=O)Nc3cccc(C)c3)c2)c1. The normalized spacial score (nSPS) is 11.0. The molecule has 0 saturated heterocycles. The van der Waals surface area contributed by atoms with Crippen LogP contribution in [0.15, 0.2) is 65.6 Å². The van der Waals surface area contributed by atoms with Gasteiger partial charge in [0.2, 0.25) is 0 Å². The molecule has 3 rings (SSSR count). The highest BCUT2D eigenvalue weighted by Gasteiger charge is 2.21. The Morgan fingerprint density at radius 1 is 0.938 bits per heavy atom. The second-order valence-electron chi connectivity index (χ2n) is 7.10. The zero-order valence-corrected chi connectivity index (χ0v) is 19.2. The van der Waals surface area contributed by atoms with Crippen LogP contribution in [0.5, 0.6) is 0 Å². The van der Waals surface area contributed by atoms with E-state index in [0.29, 0.717) is 16.9 Å². The minimum absolute atomic E-state index is 0.0226. The first-order valence-electron chi connectivity index (χ1n) is 9.50. The van der Waals surface area contributed by atoms with Gasteiger partial charge in [0.15, 0.2) is 0 Å². The van der Waals surface area contributed by atoms with Crippen molar-refractivity contribution in [2.24, 2.45) is 0 Å². The summed E-state index contributed by atoms with van der Waals surface area (Å²) in [6, 6.07) is 15.6. The van der Waals surface area contributed by atoms with Crippen LogP contribution in [0.4, 0.5) is 11.4 Å². The van der Waals surface area contributed by atoms with Crippen LogP contribution in [-0.4, -0.2) is 27.4 Å². The van der Waals surface area contributed by atoms with Crippen LogP contribution in [0.25, 0.3) is 0 Å². The molecule has 32 heavy (non-hydrogen) atoms. The van der Waals surface area contributed by atoms with E-state index in [4.69, 9.17) is 16.3 Å². The fourth-order valence-electron chi connectivity index (χ4n) is 2.97. The van der Waals surface area contributed by atoms with E-state index in [1.54, 1.807) is 37.3 Å². The Bertz CT molecular complexity index is 1310. The molecule has 0 atom stereocenters. The number of hydrogen-bond acceptors (Lipinski definition) is 5. The van der Waals surface area contributed by atoms with Crippen LogP contribution in [0.2, 0.25) is 5.02 Å². The highest BCUT2D eigenvalue weighted by molar-refractivity contribution is 7.92. The molecule has 2 N–H and O–H groups in total. The van der Waals surface area contributed by atoms with Crippen molar-refractivity contribution in [2.45, 2.75) is 18.7 Å². The number of carbonyl (C=O) groups is 2. The largest absolute Gasteiger partial charge is 0.465 e. The molecule has 0 unspecified atom stereocenters. The number of amides is 1. The molecule has 0 fully saturated rings. The van der Waals surface area contributed by atoms with Gasteiger partial charge in [-0.2, -0.15) is 0 Å². The van der Waals surface area contributed by atoms with E-state index in [-0.39, 0.29) is 21.0 Å². The van der Waals surface area contributed by atoms with Gasteiger partial charge in [-0.1, -0.05) is 29.8 Å². The number of ether oxygens (including phenoxy) is 1. The molecule has 0 aliphatic carbocycles. The highest BCUT2D eigenvalue weighted by Crippen LogP contribution is 2.26. The minimum atomic E-state index is -4.04. The lowest BCUT2D eigenvalue weighted by molar-refractivity contribution is 0.0600. The summed E-state index contributed by atoms with van der Waals surface area (Å²) in [7, 11) is -2.78. The summed E-state index contributed by atoms with van der Waals surface area (Å²) < 4.78 is 33.0. The number of esters is 1. The van der Waals surface area contributed by atoms with Crippen molar-refractivity contribution in [2.75, 3.05) is 17.1 Å². The van der Waals surface area contributed by atoms with E-state index in [2.05, 4.69) is 10.0 Å². The number of halogens is 1. The first-order valence-corrected chi connectivity index (χ1v) is 11.4. The zero-order valence-electron chi connectivity index (χ0n) is 17.6. The Morgan fingerprint density at radius 3 is 2.34 bits per heavy atom. The van der Waals surface area contributed by atoms with Gasteiger partial charge in [0.25, 0.3) is 15.9 Å². The second kappa shape index (κ2) is 9.42. The van der Waals surface area contributed by atoms with Crippen molar-refractivity contribution < 1.29 is 22.7 Å². The maximum atomic E-state index is 12.9.